The number of hydrogen-bond donors (Lipinski definition) is 2. The molecule has 6 heteroatoms. The molecular formula is C15H22N2O4. The number of nitrogens with two attached hydrogens (primary N) is 1. The van der Waals surface area contributed by atoms with Crippen LogP contribution in [0, 0.1) is 29.6 Å². The zero-order chi connectivity index (χ0) is 15.1. The number of fused-ring (bicyclic) bond motifs is 2. The fraction of sp³-hybridized carbons (Fsp3) is 0.800. The molecule has 0 radical (unpaired) electrons. The van der Waals surface area contributed by atoms with Crippen LogP contribution in [0.4, 0.5) is 0 Å². The van der Waals surface area contributed by atoms with Gasteiger partial charge in [0, 0.05) is 19.0 Å². The van der Waals surface area contributed by atoms with Crippen molar-refractivity contribution in [1.29, 1.82) is 0 Å². The molecule has 2 saturated carbocycles. The minimum Gasteiger partial charge on any atom is -0.481 e. The highest BCUT2D eigenvalue weighted by molar-refractivity contribution is 5.86. The Bertz CT molecular complexity index is 470. The highest BCUT2D eigenvalue weighted by atomic mass is 16.4. The molecule has 0 aromatic rings. The van der Waals surface area contributed by atoms with Gasteiger partial charge in [0.05, 0.1) is 11.8 Å². The third kappa shape index (κ3) is 2.40. The van der Waals surface area contributed by atoms with Crippen LogP contribution in [0.3, 0.4) is 0 Å². The molecule has 6 nitrogen and oxygen atoms in total. The Hall–Kier alpha value is -1.59. The molecule has 4 atom stereocenters. The Morgan fingerprint density at radius 2 is 1.52 bits per heavy atom. The second-order valence-electron chi connectivity index (χ2n) is 6.72. The fourth-order valence-corrected chi connectivity index (χ4v) is 4.60. The van der Waals surface area contributed by atoms with Gasteiger partial charge < -0.3 is 15.7 Å². The Balaban J connectivity index is 1.68. The van der Waals surface area contributed by atoms with E-state index in [1.165, 1.54) is 0 Å². The van der Waals surface area contributed by atoms with Crippen LogP contribution in [-0.2, 0) is 14.4 Å². The zero-order valence-corrected chi connectivity index (χ0v) is 12.0. The van der Waals surface area contributed by atoms with Crippen molar-refractivity contribution in [3.63, 3.8) is 0 Å². The molecule has 1 saturated heterocycles. The molecule has 2 aliphatic carbocycles. The van der Waals surface area contributed by atoms with Gasteiger partial charge in [-0.05, 0) is 43.9 Å². The van der Waals surface area contributed by atoms with Gasteiger partial charge in [-0.3, -0.25) is 14.4 Å². The lowest BCUT2D eigenvalue weighted by Crippen LogP contribution is -2.48. The van der Waals surface area contributed by atoms with Crippen LogP contribution in [-0.4, -0.2) is 40.9 Å². The average molecular weight is 294 g/mol. The largest absolute Gasteiger partial charge is 0.481 e. The number of carbonyl (C=O) groups excluding carboxylic acids is 2. The van der Waals surface area contributed by atoms with E-state index in [9.17, 15) is 19.5 Å². The van der Waals surface area contributed by atoms with E-state index < -0.39 is 11.9 Å². The molecule has 1 aliphatic heterocycles. The summed E-state index contributed by atoms with van der Waals surface area (Å²) < 4.78 is 0. The third-order valence-electron chi connectivity index (χ3n) is 5.70. The number of piperidine rings is 1. The summed E-state index contributed by atoms with van der Waals surface area (Å²) in [4.78, 5) is 37.2. The van der Waals surface area contributed by atoms with Crippen molar-refractivity contribution in [1.82, 2.24) is 4.90 Å². The van der Waals surface area contributed by atoms with Gasteiger partial charge in [-0.25, -0.2) is 0 Å². The molecule has 3 aliphatic rings. The fourth-order valence-electron chi connectivity index (χ4n) is 4.60. The number of carboxylic acids is 1. The van der Waals surface area contributed by atoms with Crippen molar-refractivity contribution in [3.8, 4) is 0 Å². The average Bonchev–Trinajstić information content (AvgIpc) is 3.07. The first-order valence-electron chi connectivity index (χ1n) is 7.80. The zero-order valence-electron chi connectivity index (χ0n) is 12.0. The predicted molar refractivity (Wildman–Crippen MR) is 73.9 cm³/mol. The molecule has 0 unspecified atom stereocenters. The van der Waals surface area contributed by atoms with Gasteiger partial charge in [0.1, 0.15) is 0 Å². The minimum absolute atomic E-state index is 0.0162. The summed E-state index contributed by atoms with van der Waals surface area (Å²) in [5, 5.41) is 9.44. The van der Waals surface area contributed by atoms with Crippen LogP contribution in [0.5, 0.6) is 0 Å². The van der Waals surface area contributed by atoms with Crippen molar-refractivity contribution < 1.29 is 19.5 Å². The van der Waals surface area contributed by atoms with Gasteiger partial charge in [-0.2, -0.15) is 0 Å². The number of likely N-dealkylation sites (tertiary alicyclic amines) is 1. The molecule has 3 fully saturated rings. The molecule has 21 heavy (non-hydrogen) atoms. The lowest BCUT2D eigenvalue weighted by atomic mass is 9.78. The Morgan fingerprint density at radius 3 is 2.05 bits per heavy atom. The highest BCUT2D eigenvalue weighted by Crippen LogP contribution is 2.53. The second kappa shape index (κ2) is 5.31. The summed E-state index contributed by atoms with van der Waals surface area (Å²) in [7, 11) is 0. The number of hydrogen-bond acceptors (Lipinski definition) is 3. The van der Waals surface area contributed by atoms with Crippen LogP contribution in [0.1, 0.15) is 32.1 Å². The molecule has 0 spiro atoms. The Labute approximate surface area is 123 Å². The normalized spacial score (nSPS) is 35.9. The van der Waals surface area contributed by atoms with E-state index in [-0.39, 0.29) is 35.5 Å². The quantitative estimate of drug-likeness (QED) is 0.789. The van der Waals surface area contributed by atoms with E-state index >= 15 is 0 Å². The summed E-state index contributed by atoms with van der Waals surface area (Å²) in [5.41, 5.74) is 5.30. The van der Waals surface area contributed by atoms with Crippen LogP contribution in [0.25, 0.3) is 0 Å². The van der Waals surface area contributed by atoms with Crippen molar-refractivity contribution in [2.24, 2.45) is 35.3 Å². The number of nitrogens with zero attached hydrogens (tertiary/aromatic N) is 1. The molecule has 2 amide bonds. The first-order chi connectivity index (χ1) is 9.99. The maximum absolute atomic E-state index is 12.7. The van der Waals surface area contributed by atoms with Crippen molar-refractivity contribution in [2.45, 2.75) is 32.1 Å². The number of carbonyl (C=O) groups is 3. The summed E-state index contributed by atoms with van der Waals surface area (Å²) in [5.74, 6) is -1.75. The molecule has 3 N–H and O–H groups in total. The SMILES string of the molecule is NC(=O)C1CCN(C(=O)[C@H]2[C@@H]3CC[C@@H](C3)[C@H]2C(=O)O)CC1. The lowest BCUT2D eigenvalue weighted by molar-refractivity contribution is -0.153. The minimum atomic E-state index is -0.826. The summed E-state index contributed by atoms with van der Waals surface area (Å²) in [6, 6.07) is 0. The van der Waals surface area contributed by atoms with Gasteiger partial charge in [0.2, 0.25) is 11.8 Å². The number of carboxylic acid groups (broad SMARTS) is 1. The van der Waals surface area contributed by atoms with Crippen LogP contribution >= 0.6 is 0 Å². The van der Waals surface area contributed by atoms with Crippen molar-refractivity contribution in [2.75, 3.05) is 13.1 Å². The predicted octanol–water partition coefficient (Wildman–Crippen LogP) is 0.457. The van der Waals surface area contributed by atoms with E-state index in [1.807, 2.05) is 0 Å². The first kappa shape index (κ1) is 14.4. The lowest BCUT2D eigenvalue weighted by Gasteiger charge is -2.36. The smallest absolute Gasteiger partial charge is 0.307 e. The van der Waals surface area contributed by atoms with Gasteiger partial charge in [0.25, 0.3) is 0 Å². The highest BCUT2D eigenvalue weighted by Gasteiger charge is 2.54. The van der Waals surface area contributed by atoms with Gasteiger partial charge in [-0.1, -0.05) is 0 Å². The molecular weight excluding hydrogens is 272 g/mol. The second-order valence-corrected chi connectivity index (χ2v) is 6.72. The Morgan fingerprint density at radius 1 is 0.952 bits per heavy atom. The molecule has 116 valence electrons. The van der Waals surface area contributed by atoms with Crippen molar-refractivity contribution >= 4 is 17.8 Å². The van der Waals surface area contributed by atoms with E-state index in [0.29, 0.717) is 25.9 Å². The van der Waals surface area contributed by atoms with E-state index in [4.69, 9.17) is 5.73 Å². The van der Waals surface area contributed by atoms with E-state index in [2.05, 4.69) is 0 Å². The molecule has 3 rings (SSSR count). The number of amides is 2. The monoisotopic (exact) mass is 294 g/mol. The molecule has 2 bridgehead atoms. The Kier molecular flexibility index (Phi) is 3.63. The standard InChI is InChI=1S/C15H22N2O4/c16-13(18)8-3-5-17(6-4-8)14(19)11-9-1-2-10(7-9)12(11)15(20)21/h8-12H,1-7H2,(H2,16,18)(H,20,21)/t9-,10+,11+,12-/m1/s1. The summed E-state index contributed by atoms with van der Waals surface area (Å²) >= 11 is 0. The van der Waals surface area contributed by atoms with Crippen LogP contribution in [0.2, 0.25) is 0 Å². The topological polar surface area (TPSA) is 101 Å². The maximum atomic E-state index is 12.7. The number of rotatable bonds is 3. The van der Waals surface area contributed by atoms with Crippen LogP contribution in [0.15, 0.2) is 0 Å². The summed E-state index contributed by atoms with van der Waals surface area (Å²) in [6.07, 6.45) is 3.99. The van der Waals surface area contributed by atoms with E-state index in [1.54, 1.807) is 4.90 Å². The molecule has 0 aromatic heterocycles. The van der Waals surface area contributed by atoms with Gasteiger partial charge >= 0.3 is 5.97 Å². The van der Waals surface area contributed by atoms with Crippen molar-refractivity contribution in [3.05, 3.63) is 0 Å². The van der Waals surface area contributed by atoms with Gasteiger partial charge in [0.15, 0.2) is 0 Å². The van der Waals surface area contributed by atoms with E-state index in [0.717, 1.165) is 19.3 Å². The first-order valence-corrected chi connectivity index (χ1v) is 7.80. The number of aliphatic carboxylic acids is 1. The summed E-state index contributed by atoms with van der Waals surface area (Å²) in [6.45, 7) is 1.04. The van der Waals surface area contributed by atoms with Crippen LogP contribution < -0.4 is 5.73 Å². The molecule has 1 heterocycles. The maximum Gasteiger partial charge on any atom is 0.307 e. The molecule has 0 aromatic carbocycles. The third-order valence-corrected chi connectivity index (χ3v) is 5.70. The number of primary amides is 1. The van der Waals surface area contributed by atoms with Gasteiger partial charge in [-0.15, -0.1) is 0 Å².